The molecule has 2 rings (SSSR count). The Morgan fingerprint density at radius 2 is 2.41 bits per heavy atom. The lowest BCUT2D eigenvalue weighted by atomic mass is 9.98. The molecule has 0 aromatic carbocycles. The summed E-state index contributed by atoms with van der Waals surface area (Å²) in [5.41, 5.74) is 1.74. The molecule has 1 aliphatic carbocycles. The summed E-state index contributed by atoms with van der Waals surface area (Å²) in [7, 11) is 0. The second-order valence-corrected chi connectivity index (χ2v) is 4.50. The van der Waals surface area contributed by atoms with Crippen molar-refractivity contribution in [2.75, 3.05) is 0 Å². The van der Waals surface area contributed by atoms with Crippen LogP contribution in [0.5, 0.6) is 0 Å². The summed E-state index contributed by atoms with van der Waals surface area (Å²) in [6, 6.07) is 3.63. The van der Waals surface area contributed by atoms with Gasteiger partial charge in [0.05, 0.1) is 10.8 Å². The van der Waals surface area contributed by atoms with E-state index in [9.17, 15) is 10.1 Å². The SMILES string of the molecule is O=[N+]([O-])/N=C1\CCCC1Cc1ccc(Cl)nc1. The fourth-order valence-corrected chi connectivity index (χ4v) is 2.28. The summed E-state index contributed by atoms with van der Waals surface area (Å²) in [6.45, 7) is 0. The zero-order chi connectivity index (χ0) is 12.3. The fourth-order valence-electron chi connectivity index (χ4n) is 2.17. The highest BCUT2D eigenvalue weighted by Crippen LogP contribution is 2.26. The van der Waals surface area contributed by atoms with Crippen LogP contribution in [0.1, 0.15) is 24.8 Å². The first-order chi connectivity index (χ1) is 8.15. The first kappa shape index (κ1) is 12.0. The van der Waals surface area contributed by atoms with Crippen LogP contribution in [0.2, 0.25) is 5.15 Å². The van der Waals surface area contributed by atoms with Gasteiger partial charge >= 0.3 is 0 Å². The Balaban J connectivity index is 2.07. The minimum Gasteiger partial charge on any atom is -0.244 e. The Kier molecular flexibility index (Phi) is 3.68. The number of halogens is 1. The van der Waals surface area contributed by atoms with Crippen LogP contribution in [0, 0.1) is 16.0 Å². The van der Waals surface area contributed by atoms with Gasteiger partial charge in [-0.3, -0.25) is 0 Å². The highest BCUT2D eigenvalue weighted by Gasteiger charge is 2.25. The first-order valence-electron chi connectivity index (χ1n) is 5.47. The quantitative estimate of drug-likeness (QED) is 0.472. The maximum atomic E-state index is 10.4. The molecule has 17 heavy (non-hydrogen) atoms. The zero-order valence-electron chi connectivity index (χ0n) is 9.17. The molecule has 0 spiro atoms. The number of hydrogen-bond donors (Lipinski definition) is 0. The fraction of sp³-hybridized carbons (Fsp3) is 0.455. The van der Waals surface area contributed by atoms with Crippen molar-refractivity contribution >= 4 is 17.3 Å². The van der Waals surface area contributed by atoms with Gasteiger partial charge in [-0.2, -0.15) is 0 Å². The molecule has 1 aromatic rings. The predicted molar refractivity (Wildman–Crippen MR) is 64.7 cm³/mol. The van der Waals surface area contributed by atoms with Gasteiger partial charge in [-0.1, -0.05) is 17.7 Å². The Morgan fingerprint density at radius 3 is 3.06 bits per heavy atom. The molecule has 6 heteroatoms. The van der Waals surface area contributed by atoms with E-state index in [0.29, 0.717) is 10.9 Å². The van der Waals surface area contributed by atoms with Gasteiger partial charge in [0.15, 0.2) is 5.03 Å². The van der Waals surface area contributed by atoms with Gasteiger partial charge in [0.1, 0.15) is 5.15 Å². The van der Waals surface area contributed by atoms with Crippen LogP contribution in [-0.2, 0) is 6.42 Å². The van der Waals surface area contributed by atoms with Crippen LogP contribution in [-0.4, -0.2) is 15.7 Å². The van der Waals surface area contributed by atoms with Crippen LogP contribution in [0.4, 0.5) is 0 Å². The summed E-state index contributed by atoms with van der Waals surface area (Å²) in [4.78, 5) is 14.4. The summed E-state index contributed by atoms with van der Waals surface area (Å²) in [5, 5.41) is 13.7. The standard InChI is InChI=1S/C11H12ClN3O2/c12-11-5-4-8(7-13-11)6-9-2-1-3-10(9)14-15(16)17/h4-5,7,9H,1-3,6H2/b14-10+. The van der Waals surface area contributed by atoms with Gasteiger partial charge in [0.25, 0.3) is 0 Å². The van der Waals surface area contributed by atoms with Crippen molar-refractivity contribution in [2.45, 2.75) is 25.7 Å². The third kappa shape index (κ3) is 3.23. The Hall–Kier alpha value is -1.49. The number of hydrogen-bond acceptors (Lipinski definition) is 3. The molecule has 1 atom stereocenters. The van der Waals surface area contributed by atoms with E-state index in [-0.39, 0.29) is 5.92 Å². The van der Waals surface area contributed by atoms with Crippen molar-refractivity contribution in [1.29, 1.82) is 0 Å². The minimum atomic E-state index is -0.603. The normalized spacial score (nSPS) is 21.9. The summed E-state index contributed by atoms with van der Waals surface area (Å²) in [6.07, 6.45) is 5.11. The molecule has 0 saturated heterocycles. The highest BCUT2D eigenvalue weighted by atomic mass is 35.5. The Morgan fingerprint density at radius 1 is 1.59 bits per heavy atom. The minimum absolute atomic E-state index is 0.170. The Bertz CT molecular complexity index is 445. The molecule has 1 saturated carbocycles. The molecule has 0 amide bonds. The first-order valence-corrected chi connectivity index (χ1v) is 5.85. The third-order valence-electron chi connectivity index (χ3n) is 2.94. The number of nitro groups is 1. The monoisotopic (exact) mass is 253 g/mol. The van der Waals surface area contributed by atoms with Crippen molar-refractivity contribution < 1.29 is 5.03 Å². The number of pyridine rings is 1. The highest BCUT2D eigenvalue weighted by molar-refractivity contribution is 6.29. The lowest BCUT2D eigenvalue weighted by Gasteiger charge is -2.08. The molecule has 1 aromatic heterocycles. The van der Waals surface area contributed by atoms with Crippen molar-refractivity contribution in [3.05, 3.63) is 39.2 Å². The van der Waals surface area contributed by atoms with Gasteiger partial charge in [-0.15, -0.1) is 0 Å². The van der Waals surface area contributed by atoms with Crippen LogP contribution in [0.25, 0.3) is 0 Å². The van der Waals surface area contributed by atoms with E-state index in [4.69, 9.17) is 11.6 Å². The molecular weight excluding hydrogens is 242 g/mol. The lowest BCUT2D eigenvalue weighted by Crippen LogP contribution is -2.12. The lowest BCUT2D eigenvalue weighted by molar-refractivity contribution is -0.485. The van der Waals surface area contributed by atoms with E-state index in [1.54, 1.807) is 12.3 Å². The molecule has 90 valence electrons. The van der Waals surface area contributed by atoms with E-state index in [0.717, 1.165) is 31.2 Å². The van der Waals surface area contributed by atoms with Crippen LogP contribution >= 0.6 is 11.6 Å². The maximum absolute atomic E-state index is 10.4. The molecule has 0 N–H and O–H groups in total. The molecule has 0 aliphatic heterocycles. The second-order valence-electron chi connectivity index (χ2n) is 4.11. The molecular formula is C11H12ClN3O2. The van der Waals surface area contributed by atoms with Gasteiger partial charge in [-0.05, 0) is 37.3 Å². The molecule has 1 heterocycles. The van der Waals surface area contributed by atoms with Gasteiger partial charge in [0, 0.05) is 12.1 Å². The smallest absolute Gasteiger partial charge is 0.190 e. The zero-order valence-corrected chi connectivity index (χ0v) is 9.93. The van der Waals surface area contributed by atoms with E-state index in [1.165, 1.54) is 0 Å². The van der Waals surface area contributed by atoms with Crippen molar-refractivity contribution in [3.63, 3.8) is 0 Å². The van der Waals surface area contributed by atoms with E-state index in [1.807, 2.05) is 6.07 Å². The second kappa shape index (κ2) is 5.23. The van der Waals surface area contributed by atoms with E-state index < -0.39 is 5.03 Å². The van der Waals surface area contributed by atoms with Crippen molar-refractivity contribution in [2.24, 2.45) is 11.0 Å². The topological polar surface area (TPSA) is 68.4 Å². The molecule has 1 unspecified atom stereocenters. The number of rotatable bonds is 3. The molecule has 5 nitrogen and oxygen atoms in total. The van der Waals surface area contributed by atoms with Crippen molar-refractivity contribution in [1.82, 2.24) is 4.98 Å². The average Bonchev–Trinajstić information content (AvgIpc) is 2.68. The van der Waals surface area contributed by atoms with Crippen molar-refractivity contribution in [3.8, 4) is 0 Å². The van der Waals surface area contributed by atoms with Gasteiger partial charge in [-0.25, -0.2) is 15.1 Å². The summed E-state index contributed by atoms with van der Waals surface area (Å²) >= 11 is 5.70. The Labute approximate surface area is 104 Å². The van der Waals surface area contributed by atoms with Crippen LogP contribution in [0.15, 0.2) is 23.4 Å². The van der Waals surface area contributed by atoms with Gasteiger partial charge in [0.2, 0.25) is 0 Å². The van der Waals surface area contributed by atoms with Crippen LogP contribution in [0.3, 0.4) is 0 Å². The number of aromatic nitrogens is 1. The predicted octanol–water partition coefficient (Wildman–Crippen LogP) is 2.71. The van der Waals surface area contributed by atoms with Crippen LogP contribution < -0.4 is 0 Å². The largest absolute Gasteiger partial charge is 0.244 e. The maximum Gasteiger partial charge on any atom is 0.190 e. The number of hydrazone groups is 1. The third-order valence-corrected chi connectivity index (χ3v) is 3.16. The average molecular weight is 254 g/mol. The summed E-state index contributed by atoms with van der Waals surface area (Å²) < 4.78 is 0. The number of nitrogens with zero attached hydrogens (tertiary/aromatic N) is 3. The molecule has 1 aliphatic rings. The molecule has 0 radical (unpaired) electrons. The van der Waals surface area contributed by atoms with E-state index >= 15 is 0 Å². The molecule has 1 fully saturated rings. The summed E-state index contributed by atoms with van der Waals surface area (Å²) in [5.74, 6) is 0.170. The van der Waals surface area contributed by atoms with E-state index in [2.05, 4.69) is 10.1 Å². The molecule has 0 bridgehead atoms. The van der Waals surface area contributed by atoms with Gasteiger partial charge < -0.3 is 0 Å².